The highest BCUT2D eigenvalue weighted by Crippen LogP contribution is 2.37. The van der Waals surface area contributed by atoms with Crippen LogP contribution in [0.1, 0.15) is 41.1 Å². The molecule has 2 aromatic heterocycles. The highest BCUT2D eigenvalue weighted by atomic mass is 32.2. The molecule has 2 heterocycles. The Morgan fingerprint density at radius 3 is 2.55 bits per heavy atom. The Kier molecular flexibility index (Phi) is 9.54. The molecular formula is C31H32N4O4S3. The van der Waals surface area contributed by atoms with E-state index in [0.29, 0.717) is 26.1 Å². The van der Waals surface area contributed by atoms with Crippen LogP contribution in [0.15, 0.2) is 66.0 Å². The number of nitrogens with zero attached hydrogens (tertiary/aromatic N) is 3. The van der Waals surface area contributed by atoms with Crippen LogP contribution in [-0.2, 0) is 22.9 Å². The van der Waals surface area contributed by atoms with Gasteiger partial charge in [0.15, 0.2) is 0 Å². The van der Waals surface area contributed by atoms with E-state index in [0.717, 1.165) is 39.6 Å². The molecule has 0 aliphatic heterocycles. The van der Waals surface area contributed by atoms with Crippen LogP contribution in [-0.4, -0.2) is 47.7 Å². The molecule has 11 heteroatoms. The van der Waals surface area contributed by atoms with Crippen LogP contribution in [0.25, 0.3) is 21.2 Å². The van der Waals surface area contributed by atoms with Crippen LogP contribution in [0.3, 0.4) is 0 Å². The maximum absolute atomic E-state index is 11.3. The van der Waals surface area contributed by atoms with Gasteiger partial charge in [-0.25, -0.2) is 13.5 Å². The molecule has 0 spiro atoms. The van der Waals surface area contributed by atoms with Gasteiger partial charge in [-0.1, -0.05) is 29.5 Å². The van der Waals surface area contributed by atoms with Crippen molar-refractivity contribution < 1.29 is 17.9 Å². The molecule has 0 unspecified atom stereocenters. The van der Waals surface area contributed by atoms with E-state index in [4.69, 9.17) is 9.47 Å². The summed E-state index contributed by atoms with van der Waals surface area (Å²) in [5.41, 5.74) is 5.68. The minimum absolute atomic E-state index is 0.126. The van der Waals surface area contributed by atoms with Crippen molar-refractivity contribution in [2.45, 2.75) is 38.5 Å². The number of aromatic amines is 1. The van der Waals surface area contributed by atoms with Gasteiger partial charge in [-0.05, 0) is 94.7 Å². The van der Waals surface area contributed by atoms with Gasteiger partial charge in [0.05, 0.1) is 17.6 Å². The van der Waals surface area contributed by atoms with E-state index in [1.165, 1.54) is 21.9 Å². The average Bonchev–Trinajstić information content (AvgIpc) is 3.64. The smallest absolute Gasteiger partial charge is 0.150 e. The van der Waals surface area contributed by atoms with Crippen molar-refractivity contribution in [1.82, 2.24) is 20.6 Å². The lowest BCUT2D eigenvalue weighted by Gasteiger charge is -2.12. The standard InChI is InChI=1S/C31H32N4O4S3/c1-4-40-30(18-31-32-34-35-33-31)23-7-9-24(10-8-23)39-19-22-6-13-29-27(17-22)28(20-41-29)26-12-11-25(16-21(26)2)38-14-5-15-42(3,36)37/h6-13,16-17,20,30H,5,14-15,18-19H2,1-3H3,(H,32,33,34,35)/t30-/m0/s1. The van der Waals surface area contributed by atoms with E-state index < -0.39 is 9.84 Å². The molecule has 0 saturated heterocycles. The summed E-state index contributed by atoms with van der Waals surface area (Å²) in [5, 5.41) is 20.9. The molecule has 8 nitrogen and oxygen atoms in total. The van der Waals surface area contributed by atoms with Gasteiger partial charge in [-0.2, -0.15) is 0 Å². The maximum Gasteiger partial charge on any atom is 0.150 e. The Labute approximate surface area is 253 Å². The van der Waals surface area contributed by atoms with Crippen molar-refractivity contribution in [1.29, 1.82) is 0 Å². The Morgan fingerprint density at radius 2 is 1.83 bits per heavy atom. The molecule has 1 atom stereocenters. The number of benzene rings is 3. The summed E-state index contributed by atoms with van der Waals surface area (Å²) in [4.78, 5) is 0. The third-order valence-electron chi connectivity index (χ3n) is 6.74. The van der Waals surface area contributed by atoms with E-state index >= 15 is 0 Å². The Morgan fingerprint density at radius 1 is 1.02 bits per heavy atom. The summed E-state index contributed by atoms with van der Waals surface area (Å²) < 4.78 is 35.9. The monoisotopic (exact) mass is 620 g/mol. The lowest BCUT2D eigenvalue weighted by molar-refractivity contribution is 0.306. The molecule has 0 fully saturated rings. The molecular weight excluding hydrogens is 589 g/mol. The first kappa shape index (κ1) is 29.7. The maximum atomic E-state index is 11.3. The number of thiophene rings is 1. The van der Waals surface area contributed by atoms with Gasteiger partial charge < -0.3 is 9.47 Å². The third kappa shape index (κ3) is 7.74. The molecule has 1 N–H and O–H groups in total. The zero-order valence-corrected chi connectivity index (χ0v) is 26.1. The third-order valence-corrected chi connectivity index (χ3v) is 9.69. The molecule has 0 radical (unpaired) electrons. The SMILES string of the molecule is CC#S[C@@H](Cc1nnn[nH]1)c1ccc(OCc2ccc3scc(-c4ccc(OCCCS(C)(=O)=O)cc4C)c3c2)cc1. The Balaban J connectivity index is 1.25. The fourth-order valence-electron chi connectivity index (χ4n) is 4.67. The number of sulfone groups is 1. The van der Waals surface area contributed by atoms with Crippen molar-refractivity contribution >= 4 is 42.4 Å². The lowest BCUT2D eigenvalue weighted by atomic mass is 9.99. The van der Waals surface area contributed by atoms with Gasteiger partial charge in [0, 0.05) is 28.3 Å². The highest BCUT2D eigenvalue weighted by molar-refractivity contribution is 7.90. The Bertz CT molecular complexity index is 1820. The molecule has 0 aliphatic rings. The van der Waals surface area contributed by atoms with Gasteiger partial charge in [0.2, 0.25) is 0 Å². The number of nitrogens with one attached hydrogen (secondary N) is 1. The van der Waals surface area contributed by atoms with Crippen molar-refractivity contribution in [3.05, 3.63) is 88.6 Å². The van der Waals surface area contributed by atoms with Crippen LogP contribution in [0, 0.1) is 12.1 Å². The average molecular weight is 621 g/mol. The first-order chi connectivity index (χ1) is 20.3. The molecule has 5 rings (SSSR count). The topological polar surface area (TPSA) is 107 Å². The second-order valence-corrected chi connectivity index (χ2v) is 14.4. The number of fused-ring (bicyclic) bond motifs is 1. The van der Waals surface area contributed by atoms with E-state index in [-0.39, 0.29) is 11.0 Å². The minimum Gasteiger partial charge on any atom is -0.494 e. The van der Waals surface area contributed by atoms with Gasteiger partial charge in [-0.15, -0.1) is 27.6 Å². The van der Waals surface area contributed by atoms with Crippen LogP contribution >= 0.6 is 22.5 Å². The summed E-state index contributed by atoms with van der Waals surface area (Å²) >= 11 is 3.34. The Hall–Kier alpha value is -3.76. The van der Waals surface area contributed by atoms with Crippen molar-refractivity contribution in [3.63, 3.8) is 0 Å². The van der Waals surface area contributed by atoms with Crippen LogP contribution in [0.2, 0.25) is 0 Å². The first-order valence-corrected chi connectivity index (χ1v) is 17.3. The van der Waals surface area contributed by atoms with E-state index in [1.54, 1.807) is 22.5 Å². The molecule has 0 saturated carbocycles. The summed E-state index contributed by atoms with van der Waals surface area (Å²) in [6, 6.07) is 20.7. The van der Waals surface area contributed by atoms with Gasteiger partial charge in [0.25, 0.3) is 0 Å². The second-order valence-electron chi connectivity index (χ2n) is 10.0. The zero-order chi connectivity index (χ0) is 29.5. The fourth-order valence-corrected chi connectivity index (χ4v) is 7.07. The quantitative estimate of drug-likeness (QED) is 0.153. The number of aromatic nitrogens is 4. The molecule has 5 aromatic rings. The number of hydrogen-bond acceptors (Lipinski definition) is 8. The van der Waals surface area contributed by atoms with E-state index in [1.807, 2.05) is 31.2 Å². The molecule has 0 bridgehead atoms. The summed E-state index contributed by atoms with van der Waals surface area (Å²) in [5.74, 6) is 2.42. The summed E-state index contributed by atoms with van der Waals surface area (Å²) in [6.45, 7) is 4.81. The lowest BCUT2D eigenvalue weighted by Crippen LogP contribution is -2.08. The number of H-pyrrole nitrogens is 1. The molecule has 3 aromatic carbocycles. The molecule has 0 aliphatic carbocycles. The van der Waals surface area contributed by atoms with Crippen molar-refractivity contribution in [2.24, 2.45) is 0 Å². The number of ether oxygens (including phenoxy) is 2. The number of rotatable bonds is 12. The van der Waals surface area contributed by atoms with Gasteiger partial charge in [-0.3, -0.25) is 0 Å². The van der Waals surface area contributed by atoms with Crippen LogP contribution < -0.4 is 9.47 Å². The van der Waals surface area contributed by atoms with Crippen LogP contribution in [0.4, 0.5) is 0 Å². The first-order valence-electron chi connectivity index (χ1n) is 13.5. The normalized spacial score (nSPS) is 12.2. The van der Waals surface area contributed by atoms with Crippen molar-refractivity contribution in [3.8, 4) is 27.8 Å². The number of aryl methyl sites for hydroxylation is 1. The molecule has 218 valence electrons. The van der Waals surface area contributed by atoms with Gasteiger partial charge >= 0.3 is 0 Å². The summed E-state index contributed by atoms with van der Waals surface area (Å²) in [7, 11) is -2.98. The highest BCUT2D eigenvalue weighted by Gasteiger charge is 2.14. The summed E-state index contributed by atoms with van der Waals surface area (Å²) in [6.07, 6.45) is 2.40. The van der Waals surface area contributed by atoms with E-state index in [2.05, 4.69) is 74.5 Å². The van der Waals surface area contributed by atoms with Crippen molar-refractivity contribution in [2.75, 3.05) is 18.6 Å². The minimum atomic E-state index is -2.98. The fraction of sp³-hybridized carbons (Fsp3) is 0.290. The molecule has 0 amide bonds. The van der Waals surface area contributed by atoms with Gasteiger partial charge in [0.1, 0.15) is 33.8 Å². The van der Waals surface area contributed by atoms with Crippen LogP contribution in [0.5, 0.6) is 11.5 Å². The zero-order valence-electron chi connectivity index (χ0n) is 23.7. The number of hydrogen-bond donors (Lipinski definition) is 1. The predicted molar refractivity (Wildman–Crippen MR) is 170 cm³/mol. The largest absolute Gasteiger partial charge is 0.494 e. The predicted octanol–water partition coefficient (Wildman–Crippen LogP) is 6.78. The second kappa shape index (κ2) is 13.5. The number of tetrazole rings is 1. The van der Waals surface area contributed by atoms with E-state index in [9.17, 15) is 8.42 Å². The molecule has 42 heavy (non-hydrogen) atoms.